The van der Waals surface area contributed by atoms with Gasteiger partial charge < -0.3 is 25.6 Å². The number of aliphatic hydroxyl groups is 1. The molecule has 0 heterocycles. The van der Waals surface area contributed by atoms with Crippen molar-refractivity contribution in [2.45, 2.75) is 30.9 Å². The molecule has 0 bridgehead atoms. The molecule has 0 aromatic carbocycles. The molecule has 1 rings (SSSR count). The summed E-state index contributed by atoms with van der Waals surface area (Å²) in [4.78, 5) is 21.9. The van der Waals surface area contributed by atoms with E-state index < -0.39 is 24.6 Å². The van der Waals surface area contributed by atoms with Crippen molar-refractivity contribution in [1.82, 2.24) is 10.6 Å². The molecule has 1 aliphatic rings. The largest absolute Gasteiger partial charge is 0.480 e. The van der Waals surface area contributed by atoms with Gasteiger partial charge in [0, 0.05) is 13.7 Å². The van der Waals surface area contributed by atoms with Crippen molar-refractivity contribution < 1.29 is 24.5 Å². The molecule has 1 fully saturated rings. The molecule has 0 unspecified atom stereocenters. The number of hydrogen-bond acceptors (Lipinski definition) is 4. The average molecular weight is 246 g/mol. The van der Waals surface area contributed by atoms with Crippen molar-refractivity contribution in [2.24, 2.45) is 0 Å². The zero-order valence-corrected chi connectivity index (χ0v) is 9.73. The number of carbonyl (C=O) groups excluding carboxylic acids is 1. The van der Waals surface area contributed by atoms with E-state index in [0.29, 0.717) is 6.54 Å². The van der Waals surface area contributed by atoms with E-state index >= 15 is 0 Å². The van der Waals surface area contributed by atoms with E-state index in [0.717, 1.165) is 19.3 Å². The van der Waals surface area contributed by atoms with Crippen LogP contribution in [0, 0.1) is 0 Å². The molecule has 0 aromatic rings. The molecule has 2 amide bonds. The van der Waals surface area contributed by atoms with Crippen molar-refractivity contribution in [3.05, 3.63) is 0 Å². The van der Waals surface area contributed by atoms with E-state index in [1.54, 1.807) is 7.11 Å². The van der Waals surface area contributed by atoms with E-state index in [2.05, 4.69) is 10.6 Å². The fraction of sp³-hybridized carbons (Fsp3) is 0.800. The van der Waals surface area contributed by atoms with Crippen molar-refractivity contribution in [3.63, 3.8) is 0 Å². The molecule has 1 aliphatic carbocycles. The van der Waals surface area contributed by atoms with E-state index in [-0.39, 0.29) is 5.60 Å². The minimum Gasteiger partial charge on any atom is -0.480 e. The molecule has 1 atom stereocenters. The van der Waals surface area contributed by atoms with Gasteiger partial charge in [-0.05, 0) is 19.3 Å². The topological polar surface area (TPSA) is 108 Å². The van der Waals surface area contributed by atoms with Gasteiger partial charge in [0.2, 0.25) is 0 Å². The minimum atomic E-state index is -1.28. The maximum Gasteiger partial charge on any atom is 0.328 e. The van der Waals surface area contributed by atoms with Crippen molar-refractivity contribution >= 4 is 12.0 Å². The van der Waals surface area contributed by atoms with Crippen molar-refractivity contribution in [2.75, 3.05) is 20.3 Å². The zero-order valence-electron chi connectivity index (χ0n) is 9.73. The first kappa shape index (κ1) is 13.7. The van der Waals surface area contributed by atoms with Crippen LogP contribution in [-0.2, 0) is 9.53 Å². The number of aliphatic hydroxyl groups excluding tert-OH is 1. The fourth-order valence-electron chi connectivity index (χ4n) is 1.66. The van der Waals surface area contributed by atoms with Gasteiger partial charge >= 0.3 is 12.0 Å². The van der Waals surface area contributed by atoms with Gasteiger partial charge in [-0.3, -0.25) is 0 Å². The monoisotopic (exact) mass is 246 g/mol. The van der Waals surface area contributed by atoms with Gasteiger partial charge in [-0.15, -0.1) is 0 Å². The predicted molar refractivity (Wildman–Crippen MR) is 58.6 cm³/mol. The van der Waals surface area contributed by atoms with Gasteiger partial charge in [0.25, 0.3) is 0 Å². The van der Waals surface area contributed by atoms with E-state index in [4.69, 9.17) is 14.9 Å². The first-order valence-electron chi connectivity index (χ1n) is 5.46. The second kappa shape index (κ2) is 5.83. The van der Waals surface area contributed by atoms with Gasteiger partial charge in [0.05, 0.1) is 12.2 Å². The predicted octanol–water partition coefficient (Wildman–Crippen LogP) is -0.700. The Hall–Kier alpha value is -1.34. The molecule has 0 aromatic heterocycles. The van der Waals surface area contributed by atoms with Crippen LogP contribution in [0.25, 0.3) is 0 Å². The summed E-state index contributed by atoms with van der Waals surface area (Å²) >= 11 is 0. The first-order chi connectivity index (χ1) is 8.03. The Labute approximate surface area is 99.1 Å². The van der Waals surface area contributed by atoms with Crippen LogP contribution < -0.4 is 10.6 Å². The zero-order chi connectivity index (χ0) is 12.9. The Kier molecular flexibility index (Phi) is 4.71. The summed E-state index contributed by atoms with van der Waals surface area (Å²) in [6.07, 6.45) is 2.82. The lowest BCUT2D eigenvalue weighted by Crippen LogP contribution is -2.54. The molecule has 4 N–H and O–H groups in total. The van der Waals surface area contributed by atoms with Gasteiger partial charge in [-0.25, -0.2) is 9.59 Å². The number of carbonyl (C=O) groups is 2. The summed E-state index contributed by atoms with van der Waals surface area (Å²) < 4.78 is 5.29. The first-order valence-corrected chi connectivity index (χ1v) is 5.46. The number of amides is 2. The maximum atomic E-state index is 11.4. The number of ether oxygens (including phenoxy) is 1. The second-order valence-corrected chi connectivity index (χ2v) is 4.14. The van der Waals surface area contributed by atoms with E-state index in [1.165, 1.54) is 0 Å². The number of urea groups is 1. The van der Waals surface area contributed by atoms with Crippen molar-refractivity contribution in [1.29, 1.82) is 0 Å². The third-order valence-electron chi connectivity index (χ3n) is 3.05. The third-order valence-corrected chi connectivity index (χ3v) is 3.05. The highest BCUT2D eigenvalue weighted by molar-refractivity contribution is 5.82. The lowest BCUT2D eigenvalue weighted by Gasteiger charge is -2.40. The second-order valence-electron chi connectivity index (χ2n) is 4.14. The van der Waals surface area contributed by atoms with Crippen LogP contribution in [0.5, 0.6) is 0 Å². The smallest absolute Gasteiger partial charge is 0.328 e. The Morgan fingerprint density at radius 2 is 2.12 bits per heavy atom. The molecular weight excluding hydrogens is 228 g/mol. The highest BCUT2D eigenvalue weighted by Crippen LogP contribution is 2.34. The fourth-order valence-corrected chi connectivity index (χ4v) is 1.66. The Balaban J connectivity index is 2.32. The SMILES string of the molecule is COC1(CNC(=O)N[C@H](CO)C(=O)O)CCC1. The molecule has 0 aliphatic heterocycles. The number of rotatable bonds is 6. The average Bonchev–Trinajstić information content (AvgIpc) is 2.24. The lowest BCUT2D eigenvalue weighted by atomic mass is 9.80. The minimum absolute atomic E-state index is 0.310. The van der Waals surface area contributed by atoms with Crippen LogP contribution >= 0.6 is 0 Å². The molecule has 1 saturated carbocycles. The highest BCUT2D eigenvalue weighted by atomic mass is 16.5. The molecule has 0 spiro atoms. The molecule has 7 nitrogen and oxygen atoms in total. The summed E-state index contributed by atoms with van der Waals surface area (Å²) in [7, 11) is 1.59. The molecule has 7 heteroatoms. The Bertz CT molecular complexity index is 285. The maximum absolute atomic E-state index is 11.4. The molecular formula is C10H18N2O5. The normalized spacial score (nSPS) is 18.9. The summed E-state index contributed by atoms with van der Waals surface area (Å²) in [5.74, 6) is -1.27. The number of nitrogens with one attached hydrogen (secondary N) is 2. The van der Waals surface area contributed by atoms with Gasteiger partial charge in [-0.1, -0.05) is 0 Å². The van der Waals surface area contributed by atoms with Crippen LogP contribution in [0.2, 0.25) is 0 Å². The molecule has 0 radical (unpaired) electrons. The molecule has 98 valence electrons. The summed E-state index contributed by atoms with van der Waals surface area (Å²) in [5.41, 5.74) is -0.310. The van der Waals surface area contributed by atoms with Gasteiger partial charge in [0.1, 0.15) is 0 Å². The number of aliphatic carboxylic acids is 1. The van der Waals surface area contributed by atoms with Crippen molar-refractivity contribution in [3.8, 4) is 0 Å². The highest BCUT2D eigenvalue weighted by Gasteiger charge is 2.37. The van der Waals surface area contributed by atoms with Crippen LogP contribution in [-0.4, -0.2) is 54.1 Å². The molecule has 0 saturated heterocycles. The lowest BCUT2D eigenvalue weighted by molar-refractivity contribution is -0.140. The quantitative estimate of drug-likeness (QED) is 0.495. The molecule has 17 heavy (non-hydrogen) atoms. The third kappa shape index (κ3) is 3.57. The summed E-state index contributed by atoms with van der Waals surface area (Å²) in [5, 5.41) is 22.1. The van der Waals surface area contributed by atoms with Gasteiger partial charge in [-0.2, -0.15) is 0 Å². The number of hydrogen-bond donors (Lipinski definition) is 4. The van der Waals surface area contributed by atoms with Crippen LogP contribution in [0.1, 0.15) is 19.3 Å². The van der Waals surface area contributed by atoms with Gasteiger partial charge in [0.15, 0.2) is 6.04 Å². The number of carboxylic acid groups (broad SMARTS) is 1. The summed E-state index contributed by atoms with van der Waals surface area (Å²) in [6.45, 7) is -0.300. The Morgan fingerprint density at radius 1 is 1.47 bits per heavy atom. The standard InChI is InChI=1S/C10H18N2O5/c1-17-10(3-2-4-10)6-11-9(16)12-7(5-13)8(14)15/h7,13H,2-6H2,1H3,(H,14,15)(H2,11,12,16)/t7-/m1/s1. The van der Waals surface area contributed by atoms with Crippen LogP contribution in [0.3, 0.4) is 0 Å². The number of carboxylic acids is 1. The summed E-state index contributed by atoms with van der Waals surface area (Å²) in [6, 6.07) is -1.90. The number of methoxy groups -OCH3 is 1. The van der Waals surface area contributed by atoms with E-state index in [9.17, 15) is 9.59 Å². The van der Waals surface area contributed by atoms with E-state index in [1.807, 2.05) is 0 Å². The van der Waals surface area contributed by atoms with Crippen LogP contribution in [0.15, 0.2) is 0 Å². The van der Waals surface area contributed by atoms with Crippen LogP contribution in [0.4, 0.5) is 4.79 Å². The Morgan fingerprint density at radius 3 is 2.47 bits per heavy atom.